The Hall–Kier alpha value is -1.00. The Kier molecular flexibility index (Phi) is 3.18. The number of alkyl halides is 2. The average molecular weight is 205 g/mol. The zero-order valence-corrected chi connectivity index (χ0v) is 7.98. The van der Waals surface area contributed by atoms with Gasteiger partial charge in [-0.1, -0.05) is 0 Å². The van der Waals surface area contributed by atoms with E-state index in [1.54, 1.807) is 0 Å². The average Bonchev–Trinajstić information content (AvgIpc) is 2.41. The third-order valence-corrected chi connectivity index (χ3v) is 2.34. The van der Waals surface area contributed by atoms with Crippen LogP contribution in [-0.4, -0.2) is 24.2 Å². The predicted molar refractivity (Wildman–Crippen MR) is 46.0 cm³/mol. The molecule has 0 aromatic carbocycles. The van der Waals surface area contributed by atoms with Gasteiger partial charge in [-0.15, -0.1) is 0 Å². The van der Waals surface area contributed by atoms with Crippen molar-refractivity contribution in [2.75, 3.05) is 6.54 Å². The zero-order valence-electron chi connectivity index (χ0n) is 7.98. The zero-order chi connectivity index (χ0) is 10.8. The molecule has 0 aliphatic heterocycles. The van der Waals surface area contributed by atoms with Crippen molar-refractivity contribution in [3.8, 4) is 0 Å². The maximum Gasteiger partial charge on any atom is 0.259 e. The van der Waals surface area contributed by atoms with E-state index in [-0.39, 0.29) is 25.2 Å². The molecule has 1 aliphatic rings. The Bertz CT molecular complexity index is 253. The van der Waals surface area contributed by atoms with Gasteiger partial charge in [-0.25, -0.2) is 8.78 Å². The lowest BCUT2D eigenvalue weighted by Gasteiger charge is -2.17. The predicted octanol–water partition coefficient (Wildman–Crippen LogP) is 1.13. The minimum Gasteiger partial charge on any atom is -0.349 e. The van der Waals surface area contributed by atoms with E-state index >= 15 is 0 Å². The molecule has 1 amide bonds. The molecule has 0 aromatic heterocycles. The molecule has 80 valence electrons. The molecule has 1 saturated carbocycles. The molecule has 1 aliphatic carbocycles. The summed E-state index contributed by atoms with van der Waals surface area (Å²) >= 11 is 0. The van der Waals surface area contributed by atoms with Gasteiger partial charge >= 0.3 is 0 Å². The summed E-state index contributed by atoms with van der Waals surface area (Å²) in [4.78, 5) is 21.7. The Morgan fingerprint density at radius 2 is 2.14 bits per heavy atom. The van der Waals surface area contributed by atoms with Gasteiger partial charge in [-0.2, -0.15) is 0 Å². The van der Waals surface area contributed by atoms with Crippen molar-refractivity contribution in [3.63, 3.8) is 0 Å². The lowest BCUT2D eigenvalue weighted by Crippen LogP contribution is -2.39. The van der Waals surface area contributed by atoms with Gasteiger partial charge in [-0.05, 0) is 19.8 Å². The number of carbonyl (C=O) groups is 2. The van der Waals surface area contributed by atoms with Crippen LogP contribution in [0, 0.1) is 5.92 Å². The summed E-state index contributed by atoms with van der Waals surface area (Å²) in [6, 6.07) is 0. The molecule has 0 aromatic rings. The van der Waals surface area contributed by atoms with Gasteiger partial charge in [0.05, 0.1) is 6.54 Å². The molecule has 1 fully saturated rings. The highest BCUT2D eigenvalue weighted by molar-refractivity contribution is 5.86. The Labute approximate surface area is 80.9 Å². The first-order chi connectivity index (χ1) is 6.43. The number of carbonyl (C=O) groups excluding carboxylic acids is 2. The topological polar surface area (TPSA) is 46.2 Å². The van der Waals surface area contributed by atoms with Crippen LogP contribution in [0.4, 0.5) is 8.78 Å². The molecule has 3 nitrogen and oxygen atoms in total. The first kappa shape index (κ1) is 11.1. The van der Waals surface area contributed by atoms with Crippen molar-refractivity contribution in [1.29, 1.82) is 0 Å². The highest BCUT2D eigenvalue weighted by Crippen LogP contribution is 2.40. The molecule has 0 saturated heterocycles. The number of hydrogen-bond donors (Lipinski definition) is 1. The van der Waals surface area contributed by atoms with Crippen LogP contribution in [-0.2, 0) is 9.59 Å². The molecule has 0 heterocycles. The van der Waals surface area contributed by atoms with Gasteiger partial charge in [0.2, 0.25) is 5.91 Å². The van der Waals surface area contributed by atoms with Gasteiger partial charge in [0, 0.05) is 6.42 Å². The van der Waals surface area contributed by atoms with E-state index in [9.17, 15) is 18.4 Å². The van der Waals surface area contributed by atoms with Gasteiger partial charge in [0.1, 0.15) is 11.7 Å². The summed E-state index contributed by atoms with van der Waals surface area (Å²) in [5.74, 6) is -5.09. The van der Waals surface area contributed by atoms with Crippen molar-refractivity contribution >= 4 is 11.7 Å². The lowest BCUT2D eigenvalue weighted by atomic mass is 10.0. The summed E-state index contributed by atoms with van der Waals surface area (Å²) < 4.78 is 26.1. The smallest absolute Gasteiger partial charge is 0.259 e. The molecule has 1 atom stereocenters. The summed E-state index contributed by atoms with van der Waals surface area (Å²) in [7, 11) is 0. The summed E-state index contributed by atoms with van der Waals surface area (Å²) in [5.41, 5.74) is 0. The number of amides is 1. The number of rotatable bonds is 3. The molecule has 0 spiro atoms. The van der Waals surface area contributed by atoms with E-state index in [1.165, 1.54) is 6.92 Å². The quantitative estimate of drug-likeness (QED) is 0.750. The number of ketones is 1. The van der Waals surface area contributed by atoms with E-state index in [4.69, 9.17) is 0 Å². The molecule has 5 heteroatoms. The molecule has 14 heavy (non-hydrogen) atoms. The van der Waals surface area contributed by atoms with E-state index in [1.807, 2.05) is 0 Å². The summed E-state index contributed by atoms with van der Waals surface area (Å²) in [5, 5.41) is 2.21. The number of nitrogens with one attached hydrogen (secondary N) is 1. The summed E-state index contributed by atoms with van der Waals surface area (Å²) in [6.07, 6.45) is 0.340. The highest BCUT2D eigenvalue weighted by atomic mass is 19.3. The fourth-order valence-corrected chi connectivity index (χ4v) is 1.58. The molecule has 0 radical (unpaired) electrons. The normalized spacial score (nSPS) is 24.6. The third kappa shape index (κ3) is 2.49. The molecule has 0 bridgehead atoms. The minimum absolute atomic E-state index is 0.161. The number of Topliss-reactive ketones (excluding diaryl/α,β-unsaturated/α-hetero) is 1. The molecule has 1 unspecified atom stereocenters. The monoisotopic (exact) mass is 205 g/mol. The minimum atomic E-state index is -2.90. The van der Waals surface area contributed by atoms with Crippen molar-refractivity contribution in [3.05, 3.63) is 0 Å². The van der Waals surface area contributed by atoms with Crippen LogP contribution in [0.5, 0.6) is 0 Å². The number of hydrogen-bond acceptors (Lipinski definition) is 2. The van der Waals surface area contributed by atoms with Gasteiger partial charge in [-0.3, -0.25) is 9.59 Å². The standard InChI is InChI=1S/C9H13F2NO2/c1-6(13)5-12-8(14)7-3-2-4-9(7,10)11/h7H,2-5H2,1H3,(H,12,14). The maximum atomic E-state index is 13.0. The van der Waals surface area contributed by atoms with Crippen LogP contribution in [0.15, 0.2) is 0 Å². The SMILES string of the molecule is CC(=O)CNC(=O)C1CCCC1(F)F. The van der Waals surface area contributed by atoms with Crippen molar-refractivity contribution in [2.45, 2.75) is 32.1 Å². The third-order valence-electron chi connectivity index (χ3n) is 2.34. The first-order valence-corrected chi connectivity index (χ1v) is 4.58. The van der Waals surface area contributed by atoms with Crippen LogP contribution in [0.1, 0.15) is 26.2 Å². The fourth-order valence-electron chi connectivity index (χ4n) is 1.58. The Morgan fingerprint density at radius 1 is 1.50 bits per heavy atom. The van der Waals surface area contributed by atoms with Crippen LogP contribution in [0.25, 0.3) is 0 Å². The lowest BCUT2D eigenvalue weighted by molar-refractivity contribution is -0.137. The maximum absolute atomic E-state index is 13.0. The second kappa shape index (κ2) is 4.02. The van der Waals surface area contributed by atoms with E-state index in [2.05, 4.69) is 5.32 Å². The largest absolute Gasteiger partial charge is 0.349 e. The van der Waals surface area contributed by atoms with Crippen molar-refractivity contribution in [2.24, 2.45) is 5.92 Å². The highest BCUT2D eigenvalue weighted by Gasteiger charge is 2.47. The van der Waals surface area contributed by atoms with Gasteiger partial charge in [0.15, 0.2) is 0 Å². The van der Waals surface area contributed by atoms with Crippen LogP contribution in [0.3, 0.4) is 0 Å². The Morgan fingerprint density at radius 3 is 2.57 bits per heavy atom. The molecule has 1 N–H and O–H groups in total. The van der Waals surface area contributed by atoms with Gasteiger partial charge in [0.25, 0.3) is 5.92 Å². The second-order valence-electron chi connectivity index (χ2n) is 3.63. The fraction of sp³-hybridized carbons (Fsp3) is 0.778. The molecular formula is C9H13F2NO2. The van der Waals surface area contributed by atoms with Crippen LogP contribution in [0.2, 0.25) is 0 Å². The van der Waals surface area contributed by atoms with Crippen LogP contribution < -0.4 is 5.32 Å². The number of halogens is 2. The Balaban J connectivity index is 2.48. The molecule has 1 rings (SSSR count). The molecular weight excluding hydrogens is 192 g/mol. The van der Waals surface area contributed by atoms with E-state index in [0.29, 0.717) is 6.42 Å². The van der Waals surface area contributed by atoms with Crippen molar-refractivity contribution in [1.82, 2.24) is 5.32 Å². The van der Waals surface area contributed by atoms with E-state index < -0.39 is 17.7 Å². The van der Waals surface area contributed by atoms with Gasteiger partial charge < -0.3 is 5.32 Å². The van der Waals surface area contributed by atoms with Crippen LogP contribution >= 0.6 is 0 Å². The van der Waals surface area contributed by atoms with E-state index in [0.717, 1.165) is 0 Å². The second-order valence-corrected chi connectivity index (χ2v) is 3.63. The van der Waals surface area contributed by atoms with Crippen molar-refractivity contribution < 1.29 is 18.4 Å². The first-order valence-electron chi connectivity index (χ1n) is 4.58. The summed E-state index contributed by atoms with van der Waals surface area (Å²) in [6.45, 7) is 1.14.